The highest BCUT2D eigenvalue weighted by Crippen LogP contribution is 2.18. The first kappa shape index (κ1) is 16.5. The standard InChI is InChI=1S/C12H25NO4SSi/c1-18(15,16)11-5-7-13(8-6-11)12(14)17-9-10-19(2,3)4/h11H,5-10H2,1-4H3. The minimum Gasteiger partial charge on any atom is -0.450 e. The summed E-state index contributed by atoms with van der Waals surface area (Å²) < 4.78 is 28.1. The molecule has 0 aromatic heterocycles. The molecule has 7 heteroatoms. The van der Waals surface area contributed by atoms with Crippen molar-refractivity contribution in [3.05, 3.63) is 0 Å². The van der Waals surface area contributed by atoms with E-state index in [1.807, 2.05) is 0 Å². The molecule has 1 aliphatic heterocycles. The summed E-state index contributed by atoms with van der Waals surface area (Å²) in [6.45, 7) is 8.13. The van der Waals surface area contributed by atoms with Crippen molar-refractivity contribution < 1.29 is 17.9 Å². The van der Waals surface area contributed by atoms with Crippen molar-refractivity contribution in [2.45, 2.75) is 43.8 Å². The summed E-state index contributed by atoms with van der Waals surface area (Å²) >= 11 is 0. The molecule has 1 saturated heterocycles. The average molecular weight is 307 g/mol. The molecule has 0 atom stereocenters. The summed E-state index contributed by atoms with van der Waals surface area (Å²) in [5, 5.41) is -0.307. The predicted octanol–water partition coefficient (Wildman–Crippen LogP) is 1.97. The van der Waals surface area contributed by atoms with Gasteiger partial charge in [-0.05, 0) is 18.9 Å². The third kappa shape index (κ3) is 5.95. The second kappa shape index (κ2) is 6.26. The minimum absolute atomic E-state index is 0.301. The highest BCUT2D eigenvalue weighted by atomic mass is 32.2. The van der Waals surface area contributed by atoms with Gasteiger partial charge in [-0.3, -0.25) is 0 Å². The Hall–Kier alpha value is -0.563. The molecule has 1 fully saturated rings. The smallest absolute Gasteiger partial charge is 0.409 e. The Balaban J connectivity index is 2.33. The lowest BCUT2D eigenvalue weighted by Gasteiger charge is -2.30. The lowest BCUT2D eigenvalue weighted by atomic mass is 10.1. The van der Waals surface area contributed by atoms with Gasteiger partial charge in [0.25, 0.3) is 0 Å². The molecule has 0 aromatic carbocycles. The van der Waals surface area contributed by atoms with Crippen LogP contribution >= 0.6 is 0 Å². The molecular formula is C12H25NO4SSi. The molecule has 0 bridgehead atoms. The monoisotopic (exact) mass is 307 g/mol. The van der Waals surface area contributed by atoms with Gasteiger partial charge in [-0.2, -0.15) is 0 Å². The van der Waals surface area contributed by atoms with E-state index >= 15 is 0 Å². The van der Waals surface area contributed by atoms with Gasteiger partial charge in [0.15, 0.2) is 0 Å². The van der Waals surface area contributed by atoms with E-state index in [0.717, 1.165) is 6.04 Å². The third-order valence-electron chi connectivity index (χ3n) is 3.38. The van der Waals surface area contributed by atoms with Crippen LogP contribution in [0.5, 0.6) is 0 Å². The number of carbonyl (C=O) groups is 1. The number of nitrogens with zero attached hydrogens (tertiary/aromatic N) is 1. The van der Waals surface area contributed by atoms with Gasteiger partial charge in [0, 0.05) is 27.4 Å². The highest BCUT2D eigenvalue weighted by molar-refractivity contribution is 7.91. The largest absolute Gasteiger partial charge is 0.450 e. The Morgan fingerprint density at radius 3 is 2.21 bits per heavy atom. The fourth-order valence-electron chi connectivity index (χ4n) is 2.00. The number of amides is 1. The van der Waals surface area contributed by atoms with E-state index in [2.05, 4.69) is 19.6 Å². The summed E-state index contributed by atoms with van der Waals surface area (Å²) in [5.41, 5.74) is 0. The molecule has 5 nitrogen and oxygen atoms in total. The summed E-state index contributed by atoms with van der Waals surface area (Å²) in [4.78, 5) is 13.4. The van der Waals surface area contributed by atoms with Crippen molar-refractivity contribution in [1.82, 2.24) is 4.90 Å². The Labute approximate surface area is 117 Å². The van der Waals surface area contributed by atoms with Crippen LogP contribution < -0.4 is 0 Å². The van der Waals surface area contributed by atoms with Crippen molar-refractivity contribution in [2.24, 2.45) is 0 Å². The van der Waals surface area contributed by atoms with Crippen LogP contribution in [0.3, 0.4) is 0 Å². The van der Waals surface area contributed by atoms with Gasteiger partial charge in [0.1, 0.15) is 9.84 Å². The number of rotatable bonds is 4. The topological polar surface area (TPSA) is 63.7 Å². The lowest BCUT2D eigenvalue weighted by Crippen LogP contribution is -2.42. The zero-order valence-corrected chi connectivity index (χ0v) is 14.1. The zero-order valence-electron chi connectivity index (χ0n) is 12.3. The van der Waals surface area contributed by atoms with E-state index in [1.165, 1.54) is 6.26 Å². The van der Waals surface area contributed by atoms with Crippen LogP contribution in [0.25, 0.3) is 0 Å². The number of piperidine rings is 1. The number of hydrogen-bond donors (Lipinski definition) is 0. The van der Waals surface area contributed by atoms with Crippen LogP contribution in [0.4, 0.5) is 4.79 Å². The Bertz CT molecular complexity index is 408. The van der Waals surface area contributed by atoms with E-state index < -0.39 is 17.9 Å². The molecule has 0 N–H and O–H groups in total. The van der Waals surface area contributed by atoms with Crippen molar-refractivity contribution in [1.29, 1.82) is 0 Å². The van der Waals surface area contributed by atoms with Crippen LogP contribution in [0.1, 0.15) is 12.8 Å². The molecule has 1 aliphatic rings. The maximum Gasteiger partial charge on any atom is 0.409 e. The lowest BCUT2D eigenvalue weighted by molar-refractivity contribution is 0.0998. The van der Waals surface area contributed by atoms with E-state index in [1.54, 1.807) is 4.90 Å². The number of sulfone groups is 1. The predicted molar refractivity (Wildman–Crippen MR) is 78.9 cm³/mol. The van der Waals surface area contributed by atoms with E-state index in [9.17, 15) is 13.2 Å². The molecule has 1 rings (SSSR count). The maximum atomic E-state index is 11.8. The quantitative estimate of drug-likeness (QED) is 0.745. The molecule has 0 aromatic rings. The first-order chi connectivity index (χ1) is 8.59. The van der Waals surface area contributed by atoms with Gasteiger partial charge in [0.05, 0.1) is 11.9 Å². The van der Waals surface area contributed by atoms with Gasteiger partial charge in [-0.25, -0.2) is 13.2 Å². The number of hydrogen-bond acceptors (Lipinski definition) is 4. The van der Waals surface area contributed by atoms with Gasteiger partial charge in [-0.1, -0.05) is 19.6 Å². The Morgan fingerprint density at radius 2 is 1.79 bits per heavy atom. The van der Waals surface area contributed by atoms with Crippen molar-refractivity contribution >= 4 is 24.0 Å². The fraction of sp³-hybridized carbons (Fsp3) is 0.917. The molecule has 1 heterocycles. The van der Waals surface area contributed by atoms with E-state index in [4.69, 9.17) is 4.74 Å². The Kier molecular flexibility index (Phi) is 5.43. The summed E-state index contributed by atoms with van der Waals surface area (Å²) in [7, 11) is -4.17. The molecule has 19 heavy (non-hydrogen) atoms. The van der Waals surface area contributed by atoms with Crippen molar-refractivity contribution in [3.63, 3.8) is 0 Å². The molecule has 0 saturated carbocycles. The summed E-state index contributed by atoms with van der Waals surface area (Å²) in [6.07, 6.45) is 1.99. The SMILES string of the molecule is C[Si](C)(C)CCOC(=O)N1CCC(S(C)(=O)=O)CC1. The van der Waals surface area contributed by atoms with E-state index in [-0.39, 0.29) is 11.3 Å². The highest BCUT2D eigenvalue weighted by Gasteiger charge is 2.29. The van der Waals surface area contributed by atoms with Gasteiger partial charge < -0.3 is 9.64 Å². The fourth-order valence-corrected chi connectivity index (χ4v) is 3.78. The molecule has 0 spiro atoms. The first-order valence-corrected chi connectivity index (χ1v) is 12.4. The molecule has 112 valence electrons. The number of ether oxygens (including phenoxy) is 1. The van der Waals surface area contributed by atoms with Crippen molar-refractivity contribution in [2.75, 3.05) is 26.0 Å². The van der Waals surface area contributed by atoms with Crippen LogP contribution in [-0.2, 0) is 14.6 Å². The van der Waals surface area contributed by atoms with Gasteiger partial charge in [0.2, 0.25) is 0 Å². The molecular weight excluding hydrogens is 282 g/mol. The normalized spacial score (nSPS) is 18.4. The second-order valence-corrected chi connectivity index (χ2v) is 14.4. The van der Waals surface area contributed by atoms with Crippen LogP contribution in [0, 0.1) is 0 Å². The van der Waals surface area contributed by atoms with Crippen LogP contribution in [-0.4, -0.2) is 58.7 Å². The molecule has 0 radical (unpaired) electrons. The van der Waals surface area contributed by atoms with Gasteiger partial charge in [-0.15, -0.1) is 0 Å². The van der Waals surface area contributed by atoms with Crippen LogP contribution in [0.15, 0.2) is 0 Å². The van der Waals surface area contributed by atoms with Gasteiger partial charge >= 0.3 is 6.09 Å². The number of likely N-dealkylation sites (tertiary alicyclic amines) is 1. The first-order valence-electron chi connectivity index (χ1n) is 6.70. The second-order valence-electron chi connectivity index (χ2n) is 6.44. The summed E-state index contributed by atoms with van der Waals surface area (Å²) in [5.74, 6) is 0. The molecule has 1 amide bonds. The third-order valence-corrected chi connectivity index (χ3v) is 6.77. The molecule has 0 unspecified atom stereocenters. The maximum absolute atomic E-state index is 11.8. The average Bonchev–Trinajstić information content (AvgIpc) is 2.26. The van der Waals surface area contributed by atoms with E-state index in [0.29, 0.717) is 32.5 Å². The van der Waals surface area contributed by atoms with Crippen molar-refractivity contribution in [3.8, 4) is 0 Å². The summed E-state index contributed by atoms with van der Waals surface area (Å²) in [6, 6.07) is 0.957. The van der Waals surface area contributed by atoms with Crippen LogP contribution in [0.2, 0.25) is 25.7 Å². The molecule has 0 aliphatic carbocycles. The number of carbonyl (C=O) groups excluding carboxylic acids is 1. The zero-order chi connectivity index (χ0) is 14.7. The minimum atomic E-state index is -2.98. The Morgan fingerprint density at radius 1 is 1.26 bits per heavy atom.